The molecule has 0 unspecified atom stereocenters. The zero-order valence-electron chi connectivity index (χ0n) is 13.2. The van der Waals surface area contributed by atoms with E-state index in [1.807, 2.05) is 49.2 Å². The van der Waals surface area contributed by atoms with Crippen molar-refractivity contribution in [2.45, 2.75) is 32.2 Å². The van der Waals surface area contributed by atoms with Gasteiger partial charge in [-0.3, -0.25) is 9.69 Å². The van der Waals surface area contributed by atoms with E-state index in [9.17, 15) is 4.79 Å². The third kappa shape index (κ3) is 5.04. The van der Waals surface area contributed by atoms with E-state index in [-0.39, 0.29) is 12.6 Å². The SMILES string of the molecule is C[C@H](Cc1ccc(OC2=CCCC=C2)cc1)N(C)CC(=O)O. The summed E-state index contributed by atoms with van der Waals surface area (Å²) in [6.07, 6.45) is 9.12. The van der Waals surface area contributed by atoms with E-state index in [0.29, 0.717) is 0 Å². The van der Waals surface area contributed by atoms with E-state index in [4.69, 9.17) is 9.84 Å². The van der Waals surface area contributed by atoms with Crippen LogP contribution in [0.1, 0.15) is 25.3 Å². The minimum absolute atomic E-state index is 0.0584. The molecule has 0 aromatic heterocycles. The van der Waals surface area contributed by atoms with Crippen molar-refractivity contribution in [3.8, 4) is 5.75 Å². The Morgan fingerprint density at radius 1 is 1.32 bits per heavy atom. The molecule has 1 aromatic rings. The van der Waals surface area contributed by atoms with Crippen molar-refractivity contribution in [3.63, 3.8) is 0 Å². The first kappa shape index (κ1) is 16.3. The predicted octanol–water partition coefficient (Wildman–Crippen LogP) is 3.25. The highest BCUT2D eigenvalue weighted by Crippen LogP contribution is 2.19. The third-order valence-electron chi connectivity index (χ3n) is 3.79. The number of carboxylic acid groups (broad SMARTS) is 1. The molecule has 1 aliphatic carbocycles. The maximum Gasteiger partial charge on any atom is 0.317 e. The van der Waals surface area contributed by atoms with Crippen molar-refractivity contribution >= 4 is 5.97 Å². The fourth-order valence-corrected chi connectivity index (χ4v) is 2.36. The van der Waals surface area contributed by atoms with Crippen LogP contribution in [0, 0.1) is 0 Å². The number of carboxylic acids is 1. The summed E-state index contributed by atoms with van der Waals surface area (Å²) >= 11 is 0. The molecular formula is C18H23NO3. The standard InChI is InChI=1S/C18H23NO3/c1-14(19(2)13-18(20)21)12-15-8-10-17(11-9-15)22-16-6-4-3-5-7-16/h4,6-11,14H,3,5,12-13H2,1-2H3,(H,20,21)/t14-/m1/s1. The van der Waals surface area contributed by atoms with Crippen LogP contribution < -0.4 is 4.74 Å². The van der Waals surface area contributed by atoms with Gasteiger partial charge < -0.3 is 9.84 Å². The highest BCUT2D eigenvalue weighted by molar-refractivity contribution is 5.69. The van der Waals surface area contributed by atoms with E-state index in [2.05, 4.69) is 12.2 Å². The van der Waals surface area contributed by atoms with Crippen molar-refractivity contribution < 1.29 is 14.6 Å². The van der Waals surface area contributed by atoms with Crippen molar-refractivity contribution in [2.75, 3.05) is 13.6 Å². The second-order valence-corrected chi connectivity index (χ2v) is 5.69. The molecule has 0 aliphatic heterocycles. The van der Waals surface area contributed by atoms with Crippen LogP contribution in [0.2, 0.25) is 0 Å². The minimum atomic E-state index is -0.799. The monoisotopic (exact) mass is 301 g/mol. The maximum atomic E-state index is 10.7. The summed E-state index contributed by atoms with van der Waals surface area (Å²) in [6, 6.07) is 8.17. The summed E-state index contributed by atoms with van der Waals surface area (Å²) in [5, 5.41) is 8.82. The van der Waals surface area contributed by atoms with Gasteiger partial charge in [0.2, 0.25) is 0 Å². The highest BCUT2D eigenvalue weighted by Gasteiger charge is 2.13. The molecule has 4 heteroatoms. The number of aliphatic carboxylic acids is 1. The average Bonchev–Trinajstić information content (AvgIpc) is 2.49. The Morgan fingerprint density at radius 2 is 2.05 bits per heavy atom. The molecule has 1 aromatic carbocycles. The Labute approximate surface area is 131 Å². The van der Waals surface area contributed by atoms with Crippen LogP contribution >= 0.6 is 0 Å². The van der Waals surface area contributed by atoms with Gasteiger partial charge >= 0.3 is 5.97 Å². The maximum absolute atomic E-state index is 10.7. The zero-order valence-corrected chi connectivity index (χ0v) is 13.2. The van der Waals surface area contributed by atoms with Crippen LogP contribution in [0.25, 0.3) is 0 Å². The number of ether oxygens (including phenoxy) is 1. The topological polar surface area (TPSA) is 49.8 Å². The van der Waals surface area contributed by atoms with Gasteiger partial charge in [0.05, 0.1) is 6.54 Å². The molecule has 0 saturated carbocycles. The van der Waals surface area contributed by atoms with Gasteiger partial charge in [0.25, 0.3) is 0 Å². The molecule has 0 radical (unpaired) electrons. The molecule has 0 fully saturated rings. The minimum Gasteiger partial charge on any atom is -0.480 e. The van der Waals surface area contributed by atoms with Gasteiger partial charge in [-0.05, 0) is 63.1 Å². The van der Waals surface area contributed by atoms with Crippen molar-refractivity contribution in [1.29, 1.82) is 0 Å². The number of hydrogen-bond acceptors (Lipinski definition) is 3. The quantitative estimate of drug-likeness (QED) is 0.840. The lowest BCUT2D eigenvalue weighted by Gasteiger charge is -2.22. The molecule has 1 N–H and O–H groups in total. The van der Waals surface area contributed by atoms with Gasteiger partial charge in [-0.25, -0.2) is 0 Å². The summed E-state index contributed by atoms with van der Waals surface area (Å²) in [4.78, 5) is 12.6. The van der Waals surface area contributed by atoms with Gasteiger partial charge in [-0.1, -0.05) is 18.2 Å². The summed E-state index contributed by atoms with van der Waals surface area (Å²) in [5.74, 6) is 0.925. The smallest absolute Gasteiger partial charge is 0.317 e. The van der Waals surface area contributed by atoms with Crippen molar-refractivity contribution in [1.82, 2.24) is 4.90 Å². The second kappa shape index (κ2) is 7.80. The highest BCUT2D eigenvalue weighted by atomic mass is 16.5. The van der Waals surface area contributed by atoms with Gasteiger partial charge in [0, 0.05) is 6.04 Å². The van der Waals surface area contributed by atoms with Crippen LogP contribution in [-0.2, 0) is 11.2 Å². The van der Waals surface area contributed by atoms with Crippen LogP contribution in [-0.4, -0.2) is 35.6 Å². The fraction of sp³-hybridized carbons (Fsp3) is 0.389. The average molecular weight is 301 g/mol. The van der Waals surface area contributed by atoms with Crippen LogP contribution in [0.4, 0.5) is 0 Å². The molecule has 0 saturated heterocycles. The number of benzene rings is 1. The van der Waals surface area contributed by atoms with E-state index in [0.717, 1.165) is 30.8 Å². The summed E-state index contributed by atoms with van der Waals surface area (Å²) < 4.78 is 5.80. The van der Waals surface area contributed by atoms with E-state index >= 15 is 0 Å². The molecule has 0 spiro atoms. The second-order valence-electron chi connectivity index (χ2n) is 5.69. The molecule has 0 bridgehead atoms. The van der Waals surface area contributed by atoms with Crippen LogP contribution in [0.5, 0.6) is 5.75 Å². The Hall–Kier alpha value is -2.07. The van der Waals surface area contributed by atoms with E-state index in [1.165, 1.54) is 5.56 Å². The number of likely N-dealkylation sites (N-methyl/N-ethyl adjacent to an activating group) is 1. The lowest BCUT2D eigenvalue weighted by atomic mass is 10.1. The van der Waals surface area contributed by atoms with Gasteiger partial charge in [-0.2, -0.15) is 0 Å². The number of hydrogen-bond donors (Lipinski definition) is 1. The third-order valence-corrected chi connectivity index (χ3v) is 3.79. The Kier molecular flexibility index (Phi) is 5.78. The molecule has 1 aliphatic rings. The van der Waals surface area contributed by atoms with Gasteiger partial charge in [0.15, 0.2) is 0 Å². The fourth-order valence-electron chi connectivity index (χ4n) is 2.36. The van der Waals surface area contributed by atoms with E-state index < -0.39 is 5.97 Å². The summed E-state index contributed by atoms with van der Waals surface area (Å²) in [6.45, 7) is 2.09. The van der Waals surface area contributed by atoms with E-state index in [1.54, 1.807) is 0 Å². The van der Waals surface area contributed by atoms with Crippen molar-refractivity contribution in [2.24, 2.45) is 0 Å². The molecule has 118 valence electrons. The molecule has 22 heavy (non-hydrogen) atoms. The number of allylic oxidation sites excluding steroid dienone is 3. The van der Waals surface area contributed by atoms with Crippen LogP contribution in [0.15, 0.2) is 48.3 Å². The Bertz CT molecular complexity index is 560. The normalized spacial score (nSPS) is 15.5. The largest absolute Gasteiger partial charge is 0.480 e. The predicted molar refractivity (Wildman–Crippen MR) is 87.0 cm³/mol. The summed E-state index contributed by atoms with van der Waals surface area (Å²) in [7, 11) is 1.83. The first-order chi connectivity index (χ1) is 10.5. The zero-order chi connectivity index (χ0) is 15.9. The first-order valence-electron chi connectivity index (χ1n) is 7.60. The molecule has 0 heterocycles. The Morgan fingerprint density at radius 3 is 2.64 bits per heavy atom. The Balaban J connectivity index is 1.90. The lowest BCUT2D eigenvalue weighted by Crippen LogP contribution is -2.35. The molecular weight excluding hydrogens is 278 g/mol. The van der Waals surface area contributed by atoms with Gasteiger partial charge in [0.1, 0.15) is 11.5 Å². The lowest BCUT2D eigenvalue weighted by molar-refractivity contribution is -0.138. The van der Waals surface area contributed by atoms with Crippen LogP contribution in [0.3, 0.4) is 0 Å². The molecule has 2 rings (SSSR count). The number of nitrogens with zero attached hydrogens (tertiary/aromatic N) is 1. The molecule has 0 amide bonds. The molecule has 1 atom stereocenters. The number of carbonyl (C=O) groups is 1. The number of rotatable bonds is 7. The molecule has 4 nitrogen and oxygen atoms in total. The van der Waals surface area contributed by atoms with Crippen molar-refractivity contribution in [3.05, 3.63) is 53.8 Å². The van der Waals surface area contributed by atoms with Gasteiger partial charge in [-0.15, -0.1) is 0 Å². The first-order valence-corrected chi connectivity index (χ1v) is 7.60. The summed E-state index contributed by atoms with van der Waals surface area (Å²) in [5.41, 5.74) is 1.17.